The van der Waals surface area contributed by atoms with Gasteiger partial charge in [-0.25, -0.2) is 18.1 Å². The first-order valence-electron chi connectivity index (χ1n) is 10.5. The van der Waals surface area contributed by atoms with Crippen molar-refractivity contribution in [1.29, 1.82) is 0 Å². The van der Waals surface area contributed by atoms with E-state index in [4.69, 9.17) is 4.74 Å². The highest BCUT2D eigenvalue weighted by Gasteiger charge is 2.30. The van der Waals surface area contributed by atoms with Gasteiger partial charge in [0.25, 0.3) is 5.91 Å². The average molecular weight is 463 g/mol. The number of rotatable bonds is 7. The third-order valence-corrected chi connectivity index (χ3v) is 7.01. The largest absolute Gasteiger partial charge is 0.495 e. The van der Waals surface area contributed by atoms with E-state index < -0.39 is 15.9 Å². The highest BCUT2D eigenvalue weighted by molar-refractivity contribution is 7.89. The number of nitrogens with one attached hydrogen (secondary N) is 2. The second kappa shape index (κ2) is 8.34. The molecule has 9 heteroatoms. The monoisotopic (exact) mass is 462 g/mol. The zero-order chi connectivity index (χ0) is 23.0. The lowest BCUT2D eigenvalue weighted by atomic mass is 10.2. The first kappa shape index (κ1) is 21.2. The second-order valence-corrected chi connectivity index (χ2v) is 9.55. The molecule has 8 nitrogen and oxygen atoms in total. The third kappa shape index (κ3) is 4.33. The Morgan fingerprint density at radius 1 is 1.06 bits per heavy atom. The first-order chi connectivity index (χ1) is 15.9. The Morgan fingerprint density at radius 3 is 2.55 bits per heavy atom. The SMILES string of the molecule is COc1ccc(C(=O)Nc2ccc(-n3cnc4ccccc43)cc2)cc1S(=O)(=O)NC1CC1. The van der Waals surface area contributed by atoms with Gasteiger partial charge in [0.1, 0.15) is 17.0 Å². The molecule has 0 unspecified atom stereocenters. The molecule has 0 atom stereocenters. The van der Waals surface area contributed by atoms with E-state index in [1.54, 1.807) is 18.5 Å². The van der Waals surface area contributed by atoms with Gasteiger partial charge in [-0.3, -0.25) is 9.36 Å². The van der Waals surface area contributed by atoms with Gasteiger partial charge in [0.05, 0.1) is 18.1 Å². The number of imidazole rings is 1. The summed E-state index contributed by atoms with van der Waals surface area (Å²) in [5.41, 5.74) is 3.60. The van der Waals surface area contributed by atoms with Gasteiger partial charge in [0.15, 0.2) is 0 Å². The van der Waals surface area contributed by atoms with E-state index in [0.29, 0.717) is 5.69 Å². The fraction of sp³-hybridized carbons (Fsp3) is 0.167. The maximum absolute atomic E-state index is 12.8. The Morgan fingerprint density at radius 2 is 1.82 bits per heavy atom. The molecule has 0 radical (unpaired) electrons. The number of hydrogen-bond donors (Lipinski definition) is 2. The number of carbonyl (C=O) groups is 1. The van der Waals surface area contributed by atoms with Crippen molar-refractivity contribution in [3.8, 4) is 11.4 Å². The summed E-state index contributed by atoms with van der Waals surface area (Å²) in [6, 6.07) is 19.5. The zero-order valence-electron chi connectivity index (χ0n) is 17.9. The molecule has 2 N–H and O–H groups in total. The lowest BCUT2D eigenvalue weighted by Gasteiger charge is -2.12. The van der Waals surface area contributed by atoms with Crippen LogP contribution in [0.1, 0.15) is 23.2 Å². The number of aromatic nitrogens is 2. The summed E-state index contributed by atoms with van der Waals surface area (Å²) in [6.07, 6.45) is 3.38. The minimum absolute atomic E-state index is 0.0492. The van der Waals surface area contributed by atoms with Crippen LogP contribution in [0.2, 0.25) is 0 Å². The molecule has 1 heterocycles. The van der Waals surface area contributed by atoms with Crippen molar-refractivity contribution >= 4 is 32.7 Å². The number of carbonyl (C=O) groups excluding carboxylic acids is 1. The van der Waals surface area contributed by atoms with Gasteiger partial charge in [0, 0.05) is 23.0 Å². The lowest BCUT2D eigenvalue weighted by Crippen LogP contribution is -2.26. The number of sulfonamides is 1. The van der Waals surface area contributed by atoms with Crippen molar-refractivity contribution in [2.75, 3.05) is 12.4 Å². The molecule has 4 aromatic rings. The van der Waals surface area contributed by atoms with Gasteiger partial charge in [-0.15, -0.1) is 0 Å². The molecule has 0 aliphatic heterocycles. The van der Waals surface area contributed by atoms with Crippen LogP contribution in [0.3, 0.4) is 0 Å². The summed E-state index contributed by atoms with van der Waals surface area (Å²) < 4.78 is 35.2. The lowest BCUT2D eigenvalue weighted by molar-refractivity contribution is 0.102. The molecule has 33 heavy (non-hydrogen) atoms. The van der Waals surface area contributed by atoms with Crippen LogP contribution in [0.15, 0.2) is 78.0 Å². The number of para-hydroxylation sites is 2. The molecular formula is C24H22N4O4S. The highest BCUT2D eigenvalue weighted by Crippen LogP contribution is 2.29. The van der Waals surface area contributed by atoms with Crippen LogP contribution in [-0.2, 0) is 10.0 Å². The smallest absolute Gasteiger partial charge is 0.255 e. The number of methoxy groups -OCH3 is 1. The van der Waals surface area contributed by atoms with E-state index in [-0.39, 0.29) is 22.3 Å². The number of ether oxygens (including phenoxy) is 1. The van der Waals surface area contributed by atoms with Crippen LogP contribution in [0.25, 0.3) is 16.7 Å². The Kier molecular flexibility index (Phi) is 5.35. The van der Waals surface area contributed by atoms with Crippen molar-refractivity contribution < 1.29 is 17.9 Å². The van der Waals surface area contributed by atoms with Crippen LogP contribution < -0.4 is 14.8 Å². The van der Waals surface area contributed by atoms with Gasteiger partial charge in [-0.05, 0) is 67.4 Å². The Balaban J connectivity index is 1.37. The average Bonchev–Trinajstić information content (AvgIpc) is 3.53. The summed E-state index contributed by atoms with van der Waals surface area (Å²) >= 11 is 0. The van der Waals surface area contributed by atoms with E-state index in [0.717, 1.165) is 29.6 Å². The number of hydrogen-bond acceptors (Lipinski definition) is 5. The topological polar surface area (TPSA) is 102 Å². The summed E-state index contributed by atoms with van der Waals surface area (Å²) in [7, 11) is -2.38. The van der Waals surface area contributed by atoms with Gasteiger partial charge in [-0.1, -0.05) is 12.1 Å². The summed E-state index contributed by atoms with van der Waals surface area (Å²) in [6.45, 7) is 0. The maximum atomic E-state index is 12.8. The van der Waals surface area contributed by atoms with Crippen LogP contribution in [-0.4, -0.2) is 37.0 Å². The molecular weight excluding hydrogens is 440 g/mol. The Hall–Kier alpha value is -3.69. The fourth-order valence-corrected chi connectivity index (χ4v) is 5.09. The molecule has 1 aliphatic carbocycles. The fourth-order valence-electron chi connectivity index (χ4n) is 3.59. The van der Waals surface area contributed by atoms with Gasteiger partial charge in [0.2, 0.25) is 10.0 Å². The van der Waals surface area contributed by atoms with Crippen molar-refractivity contribution in [2.45, 2.75) is 23.8 Å². The van der Waals surface area contributed by atoms with Crippen LogP contribution in [0, 0.1) is 0 Å². The number of fused-ring (bicyclic) bond motifs is 1. The van der Waals surface area contributed by atoms with E-state index in [2.05, 4.69) is 15.0 Å². The number of benzene rings is 3. The van der Waals surface area contributed by atoms with E-state index in [1.165, 1.54) is 25.3 Å². The van der Waals surface area contributed by atoms with E-state index in [9.17, 15) is 13.2 Å². The molecule has 1 fully saturated rings. The Bertz CT molecular complexity index is 1440. The second-order valence-electron chi connectivity index (χ2n) is 7.87. The molecule has 5 rings (SSSR count). The molecule has 1 saturated carbocycles. The maximum Gasteiger partial charge on any atom is 0.255 e. The molecule has 3 aromatic carbocycles. The van der Waals surface area contributed by atoms with Gasteiger partial charge >= 0.3 is 0 Å². The van der Waals surface area contributed by atoms with E-state index in [1.807, 2.05) is 41.0 Å². The molecule has 168 valence electrons. The predicted molar refractivity (Wildman–Crippen MR) is 125 cm³/mol. The van der Waals surface area contributed by atoms with Gasteiger partial charge in [-0.2, -0.15) is 0 Å². The third-order valence-electron chi connectivity index (χ3n) is 5.47. The van der Waals surface area contributed by atoms with Crippen molar-refractivity contribution in [3.05, 3.63) is 78.6 Å². The number of amides is 1. The quantitative estimate of drug-likeness (QED) is 0.436. The number of anilines is 1. The van der Waals surface area contributed by atoms with Crippen molar-refractivity contribution in [1.82, 2.24) is 14.3 Å². The van der Waals surface area contributed by atoms with Crippen LogP contribution >= 0.6 is 0 Å². The highest BCUT2D eigenvalue weighted by atomic mass is 32.2. The van der Waals surface area contributed by atoms with Crippen LogP contribution in [0.5, 0.6) is 5.75 Å². The molecule has 1 amide bonds. The minimum atomic E-state index is -3.78. The first-order valence-corrected chi connectivity index (χ1v) is 12.0. The molecule has 0 bridgehead atoms. The van der Waals surface area contributed by atoms with E-state index >= 15 is 0 Å². The van der Waals surface area contributed by atoms with Crippen molar-refractivity contribution in [2.24, 2.45) is 0 Å². The Labute approximate surface area is 191 Å². The predicted octanol–water partition coefficient (Wildman–Crippen LogP) is 3.73. The molecule has 0 saturated heterocycles. The standard InChI is InChI=1S/C24H22N4O4S/c1-32-22-13-6-16(14-23(22)33(30,31)27-18-7-8-18)24(29)26-17-9-11-19(12-10-17)28-15-25-20-4-2-3-5-21(20)28/h2-6,9-15,18,27H,7-8H2,1H3,(H,26,29). The zero-order valence-corrected chi connectivity index (χ0v) is 18.7. The normalized spacial score (nSPS) is 13.7. The molecule has 1 aliphatic rings. The van der Waals surface area contributed by atoms with Crippen LogP contribution in [0.4, 0.5) is 5.69 Å². The summed E-state index contributed by atoms with van der Waals surface area (Å²) in [5.74, 6) is -0.224. The van der Waals surface area contributed by atoms with Crippen molar-refractivity contribution in [3.63, 3.8) is 0 Å². The summed E-state index contributed by atoms with van der Waals surface area (Å²) in [4.78, 5) is 17.2. The summed E-state index contributed by atoms with van der Waals surface area (Å²) in [5, 5.41) is 2.82. The van der Waals surface area contributed by atoms with Gasteiger partial charge < -0.3 is 10.1 Å². The number of nitrogens with zero attached hydrogens (tertiary/aromatic N) is 2. The molecule has 0 spiro atoms. The minimum Gasteiger partial charge on any atom is -0.495 e. The molecule has 1 aromatic heterocycles.